The van der Waals surface area contributed by atoms with E-state index in [9.17, 15) is 4.79 Å². The van der Waals surface area contributed by atoms with Crippen LogP contribution in [-0.4, -0.2) is 11.0 Å². The van der Waals surface area contributed by atoms with Crippen LogP contribution in [-0.2, 0) is 0 Å². The summed E-state index contributed by atoms with van der Waals surface area (Å²) in [7, 11) is 0. The van der Waals surface area contributed by atoms with Gasteiger partial charge in [0.1, 0.15) is 10.9 Å². The van der Waals surface area contributed by atoms with E-state index in [2.05, 4.69) is 21.9 Å². The summed E-state index contributed by atoms with van der Waals surface area (Å²) in [5.74, 6) is 1.96. The number of primary amides is 1. The highest BCUT2D eigenvalue weighted by atomic mass is 79.9. The van der Waals surface area contributed by atoms with Crippen molar-refractivity contribution in [3.05, 3.63) is 35.4 Å². The van der Waals surface area contributed by atoms with Gasteiger partial charge in [-0.25, -0.2) is 0 Å². The molecular formula is C10H8BrNO2. The smallest absolute Gasteiger partial charge is 0.249 e. The quantitative estimate of drug-likeness (QED) is 0.621. The van der Waals surface area contributed by atoms with Crippen LogP contribution in [0.15, 0.2) is 24.3 Å². The first-order valence-electron chi connectivity index (χ1n) is 3.84. The van der Waals surface area contributed by atoms with Crippen LogP contribution in [0.5, 0.6) is 0 Å². The minimum absolute atomic E-state index is 0.392. The summed E-state index contributed by atoms with van der Waals surface area (Å²) in [6.45, 7) is 0. The Morgan fingerprint density at radius 1 is 1.50 bits per heavy atom. The average Bonchev–Trinajstić information content (AvgIpc) is 2.18. The molecule has 0 heterocycles. The fraction of sp³-hybridized carbons (Fsp3) is 0.100. The molecule has 1 amide bonds. The Balaban J connectivity index is 3.17. The SMILES string of the molecule is NC(=O)c1ccccc1C(Br)C#CO. The fourth-order valence-electron chi connectivity index (χ4n) is 1.08. The Labute approximate surface area is 90.1 Å². The van der Waals surface area contributed by atoms with E-state index in [1.165, 1.54) is 0 Å². The largest absolute Gasteiger partial charge is 0.462 e. The maximum Gasteiger partial charge on any atom is 0.249 e. The monoisotopic (exact) mass is 253 g/mol. The Hall–Kier alpha value is -1.47. The second kappa shape index (κ2) is 4.68. The standard InChI is InChI=1S/C10H8BrNO2/c11-9(5-6-13)7-3-1-2-4-8(7)10(12)14/h1-4,9,13H,(H2,12,14). The molecule has 14 heavy (non-hydrogen) atoms. The second-order valence-corrected chi connectivity index (χ2v) is 3.49. The first kappa shape index (κ1) is 10.6. The van der Waals surface area contributed by atoms with Gasteiger partial charge in [-0.3, -0.25) is 4.79 Å². The number of aliphatic hydroxyl groups excluding tert-OH is 1. The topological polar surface area (TPSA) is 63.3 Å². The number of benzene rings is 1. The molecule has 0 saturated heterocycles. The van der Waals surface area contributed by atoms with Crippen LogP contribution in [0, 0.1) is 12.0 Å². The maximum absolute atomic E-state index is 11.0. The predicted molar refractivity (Wildman–Crippen MR) is 56.3 cm³/mol. The van der Waals surface area contributed by atoms with E-state index in [0.29, 0.717) is 11.1 Å². The summed E-state index contributed by atoms with van der Waals surface area (Å²) in [5.41, 5.74) is 6.23. The van der Waals surface area contributed by atoms with E-state index in [4.69, 9.17) is 10.8 Å². The molecule has 1 aromatic rings. The van der Waals surface area contributed by atoms with Crippen molar-refractivity contribution >= 4 is 21.8 Å². The molecule has 0 spiro atoms. The van der Waals surface area contributed by atoms with E-state index in [1.54, 1.807) is 30.4 Å². The van der Waals surface area contributed by atoms with Crippen LogP contribution in [0.2, 0.25) is 0 Å². The molecule has 4 heteroatoms. The molecule has 0 bridgehead atoms. The van der Waals surface area contributed by atoms with Crippen LogP contribution >= 0.6 is 15.9 Å². The van der Waals surface area contributed by atoms with Gasteiger partial charge in [0.15, 0.2) is 0 Å². The van der Waals surface area contributed by atoms with Crippen molar-refractivity contribution in [2.45, 2.75) is 4.83 Å². The Morgan fingerprint density at radius 2 is 2.14 bits per heavy atom. The van der Waals surface area contributed by atoms with Gasteiger partial charge >= 0.3 is 0 Å². The molecular weight excluding hydrogens is 246 g/mol. The van der Waals surface area contributed by atoms with Crippen molar-refractivity contribution in [1.29, 1.82) is 0 Å². The molecule has 3 N–H and O–H groups in total. The number of halogens is 1. The summed E-state index contributed by atoms with van der Waals surface area (Å²) in [6, 6.07) is 6.83. The van der Waals surface area contributed by atoms with Gasteiger partial charge in [-0.15, -0.1) is 0 Å². The number of alkyl halides is 1. The molecule has 0 radical (unpaired) electrons. The number of hydrogen-bond donors (Lipinski definition) is 2. The zero-order valence-electron chi connectivity index (χ0n) is 7.20. The molecule has 0 aliphatic rings. The van der Waals surface area contributed by atoms with Crippen molar-refractivity contribution < 1.29 is 9.90 Å². The molecule has 1 unspecified atom stereocenters. The Morgan fingerprint density at radius 3 is 2.71 bits per heavy atom. The van der Waals surface area contributed by atoms with Crippen molar-refractivity contribution in [2.24, 2.45) is 5.73 Å². The molecule has 0 aliphatic carbocycles. The molecule has 0 saturated carbocycles. The number of carbonyl (C=O) groups excluding carboxylic acids is 1. The van der Waals surface area contributed by atoms with Crippen LogP contribution in [0.25, 0.3) is 0 Å². The number of hydrogen-bond acceptors (Lipinski definition) is 2. The predicted octanol–water partition coefficient (Wildman–Crippen LogP) is 1.55. The van der Waals surface area contributed by atoms with Crippen LogP contribution < -0.4 is 5.73 Å². The number of carbonyl (C=O) groups is 1. The summed E-state index contributed by atoms with van der Waals surface area (Å²) in [5, 5.41) is 8.42. The highest BCUT2D eigenvalue weighted by molar-refractivity contribution is 9.09. The Bertz CT molecular complexity index is 406. The average molecular weight is 254 g/mol. The lowest BCUT2D eigenvalue weighted by molar-refractivity contribution is 0.0999. The van der Waals surface area contributed by atoms with E-state index in [-0.39, 0.29) is 0 Å². The zero-order chi connectivity index (χ0) is 10.6. The van der Waals surface area contributed by atoms with E-state index in [1.807, 2.05) is 0 Å². The van der Waals surface area contributed by atoms with Gasteiger partial charge in [-0.1, -0.05) is 34.1 Å². The first-order valence-corrected chi connectivity index (χ1v) is 4.76. The number of amides is 1. The zero-order valence-corrected chi connectivity index (χ0v) is 8.78. The van der Waals surface area contributed by atoms with E-state index in [0.717, 1.165) is 0 Å². The van der Waals surface area contributed by atoms with E-state index < -0.39 is 10.7 Å². The fourth-order valence-corrected chi connectivity index (χ4v) is 1.58. The molecule has 1 atom stereocenters. The molecule has 1 aromatic carbocycles. The lowest BCUT2D eigenvalue weighted by Gasteiger charge is -2.06. The maximum atomic E-state index is 11.0. The highest BCUT2D eigenvalue weighted by Gasteiger charge is 2.12. The Kier molecular flexibility index (Phi) is 3.55. The van der Waals surface area contributed by atoms with Crippen molar-refractivity contribution in [3.63, 3.8) is 0 Å². The minimum atomic E-state index is -0.509. The molecule has 0 aliphatic heterocycles. The van der Waals surface area contributed by atoms with Gasteiger partial charge in [-0.2, -0.15) is 0 Å². The number of aliphatic hydroxyl groups is 1. The minimum Gasteiger partial charge on any atom is -0.462 e. The van der Waals surface area contributed by atoms with Crippen LogP contribution in [0.4, 0.5) is 0 Å². The van der Waals surface area contributed by atoms with Crippen molar-refractivity contribution in [1.82, 2.24) is 0 Å². The normalized spacial score (nSPS) is 11.2. The van der Waals surface area contributed by atoms with Gasteiger partial charge in [0.2, 0.25) is 5.91 Å². The lowest BCUT2D eigenvalue weighted by atomic mass is 10.0. The van der Waals surface area contributed by atoms with Crippen molar-refractivity contribution in [3.8, 4) is 12.0 Å². The number of nitrogens with two attached hydrogens (primary N) is 1. The summed E-state index contributed by atoms with van der Waals surface area (Å²) in [6.07, 6.45) is 1.78. The second-order valence-electron chi connectivity index (χ2n) is 2.57. The van der Waals surface area contributed by atoms with Gasteiger partial charge in [0.25, 0.3) is 0 Å². The molecule has 3 nitrogen and oxygen atoms in total. The molecule has 1 rings (SSSR count). The number of rotatable bonds is 2. The van der Waals surface area contributed by atoms with Gasteiger partial charge in [0, 0.05) is 5.56 Å². The summed E-state index contributed by atoms with van der Waals surface area (Å²) in [4.78, 5) is 10.6. The first-order chi connectivity index (χ1) is 6.66. The van der Waals surface area contributed by atoms with Gasteiger partial charge < -0.3 is 10.8 Å². The summed E-state index contributed by atoms with van der Waals surface area (Å²) < 4.78 is 0. The van der Waals surface area contributed by atoms with Gasteiger partial charge in [-0.05, 0) is 17.6 Å². The lowest BCUT2D eigenvalue weighted by Crippen LogP contribution is -2.13. The third kappa shape index (κ3) is 2.27. The molecule has 72 valence electrons. The van der Waals surface area contributed by atoms with Crippen LogP contribution in [0.1, 0.15) is 20.7 Å². The highest BCUT2D eigenvalue weighted by Crippen LogP contribution is 2.24. The van der Waals surface area contributed by atoms with E-state index >= 15 is 0 Å². The van der Waals surface area contributed by atoms with Crippen molar-refractivity contribution in [2.75, 3.05) is 0 Å². The van der Waals surface area contributed by atoms with Crippen LogP contribution in [0.3, 0.4) is 0 Å². The molecule has 0 fully saturated rings. The molecule has 0 aromatic heterocycles. The third-order valence-electron chi connectivity index (χ3n) is 1.69. The third-order valence-corrected chi connectivity index (χ3v) is 2.41. The summed E-state index contributed by atoms with van der Waals surface area (Å²) >= 11 is 3.22. The van der Waals surface area contributed by atoms with Gasteiger partial charge in [0.05, 0.1) is 0 Å².